The number of hydrogen-bond donors (Lipinski definition) is 2. The van der Waals surface area contributed by atoms with Crippen LogP contribution in [0.5, 0.6) is 0 Å². The van der Waals surface area contributed by atoms with Crippen molar-refractivity contribution < 1.29 is 17.5 Å². The molecule has 4 nitrogen and oxygen atoms in total. The van der Waals surface area contributed by atoms with E-state index in [1.807, 2.05) is 13.8 Å². The van der Waals surface area contributed by atoms with E-state index in [-0.39, 0.29) is 29.6 Å². The summed E-state index contributed by atoms with van der Waals surface area (Å²) in [5.74, 6) is 0. The maximum absolute atomic E-state index is 8.74. The molecule has 0 aromatic carbocycles. The second-order valence-corrected chi connectivity index (χ2v) is 5.17. The van der Waals surface area contributed by atoms with Crippen LogP contribution in [0.1, 0.15) is 91.9 Å². The topological polar surface area (TPSA) is 74.6 Å². The van der Waals surface area contributed by atoms with E-state index in [4.69, 9.17) is 17.5 Å². The third kappa shape index (κ3) is 61.9. The molecule has 0 atom stereocenters. The molecule has 0 heterocycles. The van der Waals surface area contributed by atoms with Gasteiger partial charge >= 0.3 is 40.0 Å². The maximum atomic E-state index is 8.74. The normalized spacial score (nSPS) is 9.50. The Morgan fingerprint density at radius 3 is 0.950 bits per heavy atom. The van der Waals surface area contributed by atoms with Gasteiger partial charge in [0.2, 0.25) is 0 Å². The van der Waals surface area contributed by atoms with Gasteiger partial charge in [-0.1, -0.05) is 91.9 Å². The molecule has 0 unspecified atom stereocenters. The van der Waals surface area contributed by atoms with Crippen molar-refractivity contribution in [2.45, 2.75) is 91.9 Å². The molecule has 0 saturated heterocycles. The minimum atomic E-state index is -4.67. The molecular formula is C14H35NaO4S. The van der Waals surface area contributed by atoms with E-state index in [0.717, 1.165) is 0 Å². The zero-order valence-corrected chi connectivity index (χ0v) is 14.0. The Bertz CT molecular complexity index is 213. The van der Waals surface area contributed by atoms with Gasteiger partial charge in [0, 0.05) is 0 Å². The fourth-order valence-electron chi connectivity index (χ4n) is 1.56. The fourth-order valence-corrected chi connectivity index (χ4v) is 1.56. The molecular weight excluding hydrogens is 287 g/mol. The van der Waals surface area contributed by atoms with Crippen molar-refractivity contribution in [3.05, 3.63) is 0 Å². The van der Waals surface area contributed by atoms with Gasteiger partial charge in [0.25, 0.3) is 0 Å². The van der Waals surface area contributed by atoms with Gasteiger partial charge in [-0.25, -0.2) is 0 Å². The molecule has 2 N–H and O–H groups in total. The summed E-state index contributed by atoms with van der Waals surface area (Å²) in [5.41, 5.74) is 0. The summed E-state index contributed by atoms with van der Waals surface area (Å²) in [5, 5.41) is 0. The summed E-state index contributed by atoms with van der Waals surface area (Å²) in [6.07, 6.45) is 14.4. The van der Waals surface area contributed by atoms with Crippen LogP contribution in [0.2, 0.25) is 0 Å². The summed E-state index contributed by atoms with van der Waals surface area (Å²) in [6.45, 7) is 8.56. The van der Waals surface area contributed by atoms with Crippen molar-refractivity contribution in [2.24, 2.45) is 0 Å². The van der Waals surface area contributed by atoms with Gasteiger partial charge in [0.05, 0.1) is 0 Å². The van der Waals surface area contributed by atoms with Crippen molar-refractivity contribution in [2.75, 3.05) is 0 Å². The van der Waals surface area contributed by atoms with Crippen molar-refractivity contribution in [1.82, 2.24) is 0 Å². The Kier molecular flexibility index (Phi) is 36.0. The molecule has 0 spiro atoms. The molecule has 0 aromatic heterocycles. The fraction of sp³-hybridized carbons (Fsp3) is 1.00. The average Bonchev–Trinajstić information content (AvgIpc) is 2.33. The van der Waals surface area contributed by atoms with Gasteiger partial charge in [-0.3, -0.25) is 9.11 Å². The number of rotatable bonds is 9. The van der Waals surface area contributed by atoms with Crippen LogP contribution in [0, 0.1) is 0 Å². The van der Waals surface area contributed by atoms with Crippen LogP contribution in [0.15, 0.2) is 0 Å². The van der Waals surface area contributed by atoms with E-state index in [1.165, 1.54) is 64.2 Å². The van der Waals surface area contributed by atoms with Gasteiger partial charge < -0.3 is 0 Å². The number of unbranched alkanes of at least 4 members (excludes halogenated alkanes) is 9. The summed E-state index contributed by atoms with van der Waals surface area (Å²) in [4.78, 5) is 0. The summed E-state index contributed by atoms with van der Waals surface area (Å²) in [6, 6.07) is 0. The quantitative estimate of drug-likeness (QED) is 0.368. The molecule has 0 rings (SSSR count). The van der Waals surface area contributed by atoms with Crippen molar-refractivity contribution in [3.8, 4) is 0 Å². The van der Waals surface area contributed by atoms with E-state index >= 15 is 0 Å². The predicted octanol–water partition coefficient (Wildman–Crippen LogP) is 4.65. The SMILES string of the molecule is CC.CCCCCCCCCCCC.O=S(=O)(O)O.[NaH]. The van der Waals surface area contributed by atoms with Gasteiger partial charge in [0.15, 0.2) is 0 Å². The first-order valence-electron chi connectivity index (χ1n) is 7.61. The van der Waals surface area contributed by atoms with E-state index in [1.54, 1.807) is 0 Å². The van der Waals surface area contributed by atoms with Crippen LogP contribution in [0.4, 0.5) is 0 Å². The van der Waals surface area contributed by atoms with Crippen LogP contribution < -0.4 is 0 Å². The Morgan fingerprint density at radius 1 is 0.650 bits per heavy atom. The summed E-state index contributed by atoms with van der Waals surface area (Å²) in [7, 11) is -4.67. The molecule has 0 bridgehead atoms. The molecule has 0 fully saturated rings. The first-order valence-corrected chi connectivity index (χ1v) is 9.01. The monoisotopic (exact) mass is 322 g/mol. The Hall–Kier alpha value is 0.870. The standard InChI is InChI=1S/C12H26.C2H6.Na.H2O4S.H/c1-3-5-7-9-11-12-10-8-6-4-2;1-2;;1-5(2,3)4;/h3-12H2,1-2H3;1-2H3;;(H2,1,2,3,4);. The molecule has 0 saturated carbocycles. The molecule has 0 aliphatic heterocycles. The molecule has 0 aliphatic rings. The Balaban J connectivity index is -0.000000136. The van der Waals surface area contributed by atoms with Crippen LogP contribution in [-0.4, -0.2) is 47.1 Å². The van der Waals surface area contributed by atoms with Crippen molar-refractivity contribution >= 4 is 40.0 Å². The van der Waals surface area contributed by atoms with Crippen LogP contribution in [0.3, 0.4) is 0 Å². The predicted molar refractivity (Wildman–Crippen MR) is 90.2 cm³/mol. The van der Waals surface area contributed by atoms with Crippen LogP contribution in [0.25, 0.3) is 0 Å². The second kappa shape index (κ2) is 24.9. The van der Waals surface area contributed by atoms with Gasteiger partial charge in [-0.15, -0.1) is 0 Å². The molecule has 6 heteroatoms. The summed E-state index contributed by atoms with van der Waals surface area (Å²) >= 11 is 0. The first-order chi connectivity index (χ1) is 8.91. The summed E-state index contributed by atoms with van der Waals surface area (Å²) < 4.78 is 31.6. The van der Waals surface area contributed by atoms with Crippen molar-refractivity contribution in [3.63, 3.8) is 0 Å². The third-order valence-electron chi connectivity index (χ3n) is 2.46. The van der Waals surface area contributed by atoms with Gasteiger partial charge in [-0.2, -0.15) is 8.42 Å². The zero-order valence-electron chi connectivity index (χ0n) is 13.2. The van der Waals surface area contributed by atoms with Gasteiger partial charge in [0.1, 0.15) is 0 Å². The Morgan fingerprint density at radius 2 is 0.800 bits per heavy atom. The molecule has 0 radical (unpaired) electrons. The number of hydrogen-bond acceptors (Lipinski definition) is 2. The molecule has 20 heavy (non-hydrogen) atoms. The third-order valence-corrected chi connectivity index (χ3v) is 2.46. The average molecular weight is 322 g/mol. The first kappa shape index (κ1) is 29.0. The van der Waals surface area contributed by atoms with Crippen molar-refractivity contribution in [1.29, 1.82) is 0 Å². The zero-order chi connectivity index (χ0) is 15.6. The van der Waals surface area contributed by atoms with Gasteiger partial charge in [-0.05, 0) is 0 Å². The van der Waals surface area contributed by atoms with E-state index in [9.17, 15) is 0 Å². The van der Waals surface area contributed by atoms with E-state index < -0.39 is 10.4 Å². The minimum absolute atomic E-state index is 0. The van der Waals surface area contributed by atoms with Crippen LogP contribution in [-0.2, 0) is 10.4 Å². The van der Waals surface area contributed by atoms with E-state index in [2.05, 4.69) is 13.8 Å². The molecule has 122 valence electrons. The second-order valence-electron chi connectivity index (χ2n) is 4.28. The Labute approximate surface area is 149 Å². The molecule has 0 amide bonds. The van der Waals surface area contributed by atoms with E-state index in [0.29, 0.717) is 0 Å². The molecule has 0 aromatic rings. The molecule has 0 aliphatic carbocycles. The van der Waals surface area contributed by atoms with Crippen LogP contribution >= 0.6 is 0 Å².